The summed E-state index contributed by atoms with van der Waals surface area (Å²) in [5.74, 6) is 3.29. The van der Waals surface area contributed by atoms with E-state index in [2.05, 4.69) is 22.1 Å². The maximum Gasteiger partial charge on any atom is 0.180 e. The van der Waals surface area contributed by atoms with E-state index in [9.17, 15) is 0 Å². The van der Waals surface area contributed by atoms with Gasteiger partial charge >= 0.3 is 0 Å². The molecular weight excluding hydrogens is 424 g/mol. The van der Waals surface area contributed by atoms with Crippen LogP contribution in [0.2, 0.25) is 5.02 Å². The Kier molecular flexibility index (Phi) is 5.49. The Morgan fingerprint density at radius 2 is 2.00 bits per heavy atom. The molecule has 0 radical (unpaired) electrons. The summed E-state index contributed by atoms with van der Waals surface area (Å²) in [6.45, 7) is 2.82. The lowest BCUT2D eigenvalue weighted by Crippen LogP contribution is -2.17. The summed E-state index contributed by atoms with van der Waals surface area (Å²) in [4.78, 5) is 13.6. The van der Waals surface area contributed by atoms with Crippen LogP contribution in [0.1, 0.15) is 47.2 Å². The fourth-order valence-corrected chi connectivity index (χ4v) is 4.17. The molecule has 1 aliphatic rings. The van der Waals surface area contributed by atoms with Gasteiger partial charge in [-0.1, -0.05) is 23.7 Å². The van der Waals surface area contributed by atoms with Crippen LogP contribution in [0.5, 0.6) is 5.75 Å². The van der Waals surface area contributed by atoms with Gasteiger partial charge in [-0.25, -0.2) is 19.6 Å². The number of aromatic nitrogens is 6. The Morgan fingerprint density at radius 3 is 2.75 bits per heavy atom. The molecule has 1 aromatic carbocycles. The fourth-order valence-electron chi connectivity index (χ4n) is 4.05. The minimum Gasteiger partial charge on any atom is -0.493 e. The van der Waals surface area contributed by atoms with Gasteiger partial charge in [-0.2, -0.15) is 5.10 Å². The highest BCUT2D eigenvalue weighted by molar-refractivity contribution is 6.30. The maximum absolute atomic E-state index is 6.06. The Bertz CT molecular complexity index is 1270. The number of fused-ring (bicyclic) bond motifs is 1. The van der Waals surface area contributed by atoms with E-state index in [1.54, 1.807) is 19.6 Å². The van der Waals surface area contributed by atoms with Gasteiger partial charge in [-0.3, -0.25) is 4.57 Å². The number of aryl methyl sites for hydroxylation is 2. The molecule has 0 aliphatic carbocycles. The molecule has 3 aromatic heterocycles. The van der Waals surface area contributed by atoms with E-state index >= 15 is 0 Å². The van der Waals surface area contributed by atoms with Crippen molar-refractivity contribution in [1.29, 1.82) is 0 Å². The van der Waals surface area contributed by atoms with Crippen LogP contribution in [0.3, 0.4) is 0 Å². The lowest BCUT2D eigenvalue weighted by Gasteiger charge is -2.22. The zero-order valence-corrected chi connectivity index (χ0v) is 18.7. The molecule has 162 valence electrons. The lowest BCUT2D eigenvalue weighted by atomic mass is 9.91. The molecule has 0 fully saturated rings. The van der Waals surface area contributed by atoms with Crippen molar-refractivity contribution in [1.82, 2.24) is 29.3 Å². The van der Waals surface area contributed by atoms with Crippen LogP contribution in [0.15, 0.2) is 49.1 Å². The molecule has 4 aromatic rings. The van der Waals surface area contributed by atoms with Gasteiger partial charge < -0.3 is 4.74 Å². The zero-order chi connectivity index (χ0) is 22.1. The van der Waals surface area contributed by atoms with E-state index in [4.69, 9.17) is 26.4 Å². The summed E-state index contributed by atoms with van der Waals surface area (Å²) in [6, 6.07) is 9.97. The Morgan fingerprint density at radius 1 is 1.16 bits per heavy atom. The second kappa shape index (κ2) is 8.59. The lowest BCUT2D eigenvalue weighted by molar-refractivity contribution is 0.410. The highest BCUT2D eigenvalue weighted by Gasteiger charge is 2.25. The van der Waals surface area contributed by atoms with Crippen molar-refractivity contribution < 1.29 is 4.74 Å². The quantitative estimate of drug-likeness (QED) is 0.435. The molecule has 0 bridgehead atoms. The highest BCUT2D eigenvalue weighted by Crippen LogP contribution is 2.33. The second-order valence-corrected chi connectivity index (χ2v) is 8.28. The number of hydrogen-bond acceptors (Lipinski definition) is 5. The average molecular weight is 447 g/mol. The molecule has 0 N–H and O–H groups in total. The third-order valence-corrected chi connectivity index (χ3v) is 5.87. The summed E-state index contributed by atoms with van der Waals surface area (Å²) in [5, 5.41) is 5.44. The van der Waals surface area contributed by atoms with Gasteiger partial charge in [-0.15, -0.1) is 0 Å². The number of ether oxygens (including phenoxy) is 1. The van der Waals surface area contributed by atoms with Gasteiger partial charge in [0, 0.05) is 29.9 Å². The van der Waals surface area contributed by atoms with Crippen molar-refractivity contribution in [2.24, 2.45) is 0 Å². The molecule has 0 spiro atoms. The summed E-state index contributed by atoms with van der Waals surface area (Å²) < 4.78 is 9.42. The number of benzene rings is 1. The smallest absolute Gasteiger partial charge is 0.180 e. The van der Waals surface area contributed by atoms with Crippen molar-refractivity contribution in [3.05, 3.63) is 82.5 Å². The van der Waals surface area contributed by atoms with Crippen LogP contribution in [-0.4, -0.2) is 36.4 Å². The largest absolute Gasteiger partial charge is 0.493 e. The second-order valence-electron chi connectivity index (χ2n) is 7.85. The molecule has 1 atom stereocenters. The summed E-state index contributed by atoms with van der Waals surface area (Å²) >= 11 is 6.06. The Labute approximate surface area is 191 Å². The summed E-state index contributed by atoms with van der Waals surface area (Å²) in [5.41, 5.74) is 3.05. The molecule has 7 nitrogen and oxygen atoms in total. The van der Waals surface area contributed by atoms with Crippen molar-refractivity contribution in [3.8, 4) is 11.6 Å². The number of nitrogens with zero attached hydrogens (tertiary/aromatic N) is 6. The number of halogens is 1. The third-order valence-electron chi connectivity index (χ3n) is 5.62. The molecule has 0 saturated heterocycles. The first kappa shape index (κ1) is 20.5. The maximum atomic E-state index is 6.06. The third kappa shape index (κ3) is 4.03. The first-order valence-corrected chi connectivity index (χ1v) is 10.9. The van der Waals surface area contributed by atoms with Gasteiger partial charge in [0.05, 0.1) is 12.8 Å². The SMILES string of the molecule is COc1cc(/C=C/c2nc3n(n2)CCC[C@H]3c2ccc(Cl)cc2)cnc1-n1cnc(C)c1. The predicted octanol–water partition coefficient (Wildman–Crippen LogP) is 4.93. The Balaban J connectivity index is 1.40. The molecule has 8 heteroatoms. The minimum absolute atomic E-state index is 0.232. The van der Waals surface area contributed by atoms with Crippen molar-refractivity contribution in [2.75, 3.05) is 7.11 Å². The molecule has 0 saturated carbocycles. The topological polar surface area (TPSA) is 70.7 Å². The van der Waals surface area contributed by atoms with Crippen LogP contribution in [0.4, 0.5) is 0 Å². The average Bonchev–Trinajstić information content (AvgIpc) is 3.43. The fraction of sp³-hybridized carbons (Fsp3) is 0.250. The van der Waals surface area contributed by atoms with Crippen LogP contribution in [-0.2, 0) is 6.54 Å². The number of imidazole rings is 1. The van der Waals surface area contributed by atoms with Crippen molar-refractivity contribution in [2.45, 2.75) is 32.2 Å². The van der Waals surface area contributed by atoms with E-state index < -0.39 is 0 Å². The van der Waals surface area contributed by atoms with Gasteiger partial charge in [-0.05, 0) is 61.2 Å². The van der Waals surface area contributed by atoms with E-state index in [1.807, 2.05) is 52.7 Å². The monoisotopic (exact) mass is 446 g/mol. The molecule has 1 aliphatic heterocycles. The van der Waals surface area contributed by atoms with Gasteiger partial charge in [0.1, 0.15) is 12.2 Å². The number of methoxy groups -OCH3 is 1. The number of pyridine rings is 1. The zero-order valence-electron chi connectivity index (χ0n) is 17.9. The standard InChI is InChI=1S/C24H23ClN6O/c1-16-14-30(15-27-16)24-21(32-2)12-17(13-26-24)5-10-22-28-23-20(4-3-11-31(23)29-22)18-6-8-19(25)9-7-18/h5-10,12-15,20H,3-4,11H2,1-2H3/b10-5+/t20-/m0/s1. The van der Waals surface area contributed by atoms with E-state index in [0.29, 0.717) is 17.4 Å². The van der Waals surface area contributed by atoms with Crippen molar-refractivity contribution in [3.63, 3.8) is 0 Å². The highest BCUT2D eigenvalue weighted by atomic mass is 35.5. The van der Waals surface area contributed by atoms with E-state index in [0.717, 1.165) is 41.5 Å². The first-order chi connectivity index (χ1) is 15.6. The van der Waals surface area contributed by atoms with Crippen LogP contribution < -0.4 is 4.74 Å². The first-order valence-electron chi connectivity index (χ1n) is 10.5. The molecule has 4 heterocycles. The number of hydrogen-bond donors (Lipinski definition) is 0. The van der Waals surface area contributed by atoms with Gasteiger partial charge in [0.2, 0.25) is 0 Å². The van der Waals surface area contributed by atoms with E-state index in [1.165, 1.54) is 5.56 Å². The molecule has 0 unspecified atom stereocenters. The summed E-state index contributed by atoms with van der Waals surface area (Å²) in [7, 11) is 1.64. The summed E-state index contributed by atoms with van der Waals surface area (Å²) in [6.07, 6.45) is 11.4. The van der Waals surface area contributed by atoms with Gasteiger partial charge in [0.25, 0.3) is 0 Å². The predicted molar refractivity (Wildman–Crippen MR) is 124 cm³/mol. The van der Waals surface area contributed by atoms with Crippen LogP contribution >= 0.6 is 11.6 Å². The Hall–Kier alpha value is -3.45. The minimum atomic E-state index is 0.232. The molecule has 0 amide bonds. The molecule has 5 rings (SSSR count). The number of rotatable bonds is 5. The van der Waals surface area contributed by atoms with Gasteiger partial charge in [0.15, 0.2) is 17.4 Å². The van der Waals surface area contributed by atoms with E-state index in [-0.39, 0.29) is 5.92 Å². The molecular formula is C24H23ClN6O. The molecule has 32 heavy (non-hydrogen) atoms. The van der Waals surface area contributed by atoms with Crippen LogP contribution in [0.25, 0.3) is 18.0 Å². The van der Waals surface area contributed by atoms with Crippen molar-refractivity contribution >= 4 is 23.8 Å². The van der Waals surface area contributed by atoms with Crippen LogP contribution in [0, 0.1) is 6.92 Å². The normalized spacial score (nSPS) is 15.8.